The number of hydrogen-bond donors (Lipinski definition) is 1. The maximum atomic E-state index is 14.1. The predicted octanol–water partition coefficient (Wildman–Crippen LogP) is 3.84. The van der Waals surface area contributed by atoms with Crippen molar-refractivity contribution < 1.29 is 13.6 Å². The quantitative estimate of drug-likeness (QED) is 0.687. The molecule has 0 saturated carbocycles. The zero-order valence-corrected chi connectivity index (χ0v) is 17.9. The molecule has 3 fully saturated rings. The summed E-state index contributed by atoms with van der Waals surface area (Å²) in [5, 5.41) is -0.126. The Morgan fingerprint density at radius 2 is 2.00 bits per heavy atom. The van der Waals surface area contributed by atoms with Crippen LogP contribution in [0.1, 0.15) is 48.9 Å². The number of halogens is 2. The van der Waals surface area contributed by atoms with Crippen molar-refractivity contribution in [2.75, 3.05) is 19.6 Å². The van der Waals surface area contributed by atoms with Gasteiger partial charge in [-0.3, -0.25) is 14.5 Å². The van der Waals surface area contributed by atoms with Crippen LogP contribution in [0, 0.1) is 23.5 Å². The van der Waals surface area contributed by atoms with Gasteiger partial charge in [0.15, 0.2) is 0 Å². The Hall–Kier alpha value is -2.54. The maximum absolute atomic E-state index is 14.1. The third-order valence-electron chi connectivity index (χ3n) is 8.05. The fraction of sp³-hybridized carbons (Fsp3) is 0.520. The van der Waals surface area contributed by atoms with Crippen molar-refractivity contribution in [2.45, 2.75) is 50.6 Å². The zero-order valence-electron chi connectivity index (χ0n) is 17.9. The number of fused-ring (bicyclic) bond motifs is 7. The van der Waals surface area contributed by atoms with E-state index in [1.54, 1.807) is 0 Å². The minimum absolute atomic E-state index is 0.00900. The van der Waals surface area contributed by atoms with E-state index in [4.69, 9.17) is 0 Å². The largest absolute Gasteiger partial charge is 0.358 e. The van der Waals surface area contributed by atoms with Gasteiger partial charge in [0, 0.05) is 31.4 Å². The first-order valence-corrected chi connectivity index (χ1v) is 11.8. The number of nitrogens with one attached hydrogen (secondary N) is 1. The molecule has 6 rings (SSSR count). The van der Waals surface area contributed by atoms with Crippen LogP contribution in [0.25, 0.3) is 10.9 Å². The molecule has 1 aromatic heterocycles. The summed E-state index contributed by atoms with van der Waals surface area (Å²) in [6.07, 6.45) is 10.5. The van der Waals surface area contributed by atoms with Crippen molar-refractivity contribution in [2.24, 2.45) is 11.8 Å². The van der Waals surface area contributed by atoms with Gasteiger partial charge in [0.05, 0.1) is 16.9 Å². The molecule has 7 heteroatoms. The monoisotopic (exact) mass is 439 g/mol. The van der Waals surface area contributed by atoms with Gasteiger partial charge in [-0.25, -0.2) is 8.78 Å². The molecule has 2 aromatic rings. The minimum Gasteiger partial charge on any atom is -0.358 e. The second kappa shape index (κ2) is 7.51. The first-order valence-electron chi connectivity index (χ1n) is 11.8. The van der Waals surface area contributed by atoms with Gasteiger partial charge >= 0.3 is 0 Å². The molecule has 1 amide bonds. The summed E-state index contributed by atoms with van der Waals surface area (Å²) in [6.45, 7) is 2.72. The third kappa shape index (κ3) is 3.04. The lowest BCUT2D eigenvalue weighted by Gasteiger charge is -2.54. The highest BCUT2D eigenvalue weighted by atomic mass is 19.1. The Morgan fingerprint density at radius 3 is 2.88 bits per heavy atom. The molecular weight excluding hydrogens is 412 g/mol. The number of pyridine rings is 1. The second-order valence-corrected chi connectivity index (χ2v) is 9.85. The van der Waals surface area contributed by atoms with E-state index in [0.717, 1.165) is 44.5 Å². The van der Waals surface area contributed by atoms with Gasteiger partial charge in [-0.15, -0.1) is 0 Å². The van der Waals surface area contributed by atoms with E-state index in [2.05, 4.69) is 16.0 Å². The van der Waals surface area contributed by atoms with Gasteiger partial charge in [0.25, 0.3) is 5.91 Å². The van der Waals surface area contributed by atoms with Crippen LogP contribution in [-0.4, -0.2) is 52.4 Å². The number of aromatic nitrogens is 1. The molecule has 1 N–H and O–H groups in total. The summed E-state index contributed by atoms with van der Waals surface area (Å²) in [6, 6.07) is 2.37. The number of aromatic amines is 1. The van der Waals surface area contributed by atoms with E-state index in [0.29, 0.717) is 24.4 Å². The summed E-state index contributed by atoms with van der Waals surface area (Å²) in [5.74, 6) is -1.08. The van der Waals surface area contributed by atoms with Gasteiger partial charge in [-0.05, 0) is 56.6 Å². The van der Waals surface area contributed by atoms with Crippen LogP contribution in [0.4, 0.5) is 8.78 Å². The van der Waals surface area contributed by atoms with E-state index >= 15 is 0 Å². The van der Waals surface area contributed by atoms with Crippen LogP contribution in [0.2, 0.25) is 0 Å². The molecule has 168 valence electrons. The van der Waals surface area contributed by atoms with Gasteiger partial charge in [0.2, 0.25) is 5.43 Å². The summed E-state index contributed by atoms with van der Waals surface area (Å²) in [5.41, 5.74) is 0.602. The third-order valence-corrected chi connectivity index (χ3v) is 8.05. The Morgan fingerprint density at radius 1 is 1.12 bits per heavy atom. The highest BCUT2D eigenvalue weighted by Crippen LogP contribution is 2.45. The Labute approximate surface area is 185 Å². The molecule has 5 nitrogen and oxygen atoms in total. The molecular formula is C25H27F2N3O2. The Balaban J connectivity index is 1.37. The average Bonchev–Trinajstić information content (AvgIpc) is 2.79. The lowest BCUT2D eigenvalue weighted by atomic mass is 9.68. The van der Waals surface area contributed by atoms with Crippen LogP contribution in [0.15, 0.2) is 34.8 Å². The van der Waals surface area contributed by atoms with Gasteiger partial charge in [0.1, 0.15) is 17.2 Å². The van der Waals surface area contributed by atoms with Crippen molar-refractivity contribution >= 4 is 16.8 Å². The highest BCUT2D eigenvalue weighted by molar-refractivity contribution is 5.97. The number of likely N-dealkylation sites (tertiary alicyclic amines) is 1. The van der Waals surface area contributed by atoms with Crippen molar-refractivity contribution in [3.63, 3.8) is 0 Å². The Kier molecular flexibility index (Phi) is 4.72. The smallest absolute Gasteiger partial charge is 0.259 e. The number of benzene rings is 1. The van der Waals surface area contributed by atoms with Gasteiger partial charge in [-0.2, -0.15) is 0 Å². The van der Waals surface area contributed by atoms with Crippen LogP contribution in [-0.2, 0) is 0 Å². The highest BCUT2D eigenvalue weighted by Gasteiger charge is 2.47. The van der Waals surface area contributed by atoms with Gasteiger partial charge in [-0.1, -0.05) is 18.1 Å². The number of amides is 1. The lowest BCUT2D eigenvalue weighted by Crippen LogP contribution is -2.60. The first kappa shape index (κ1) is 20.1. The minimum atomic E-state index is -0.837. The molecule has 3 aliphatic heterocycles. The van der Waals surface area contributed by atoms with Crippen molar-refractivity contribution in [1.82, 2.24) is 14.8 Å². The molecule has 0 spiro atoms. The van der Waals surface area contributed by atoms with E-state index in [1.165, 1.54) is 31.0 Å². The van der Waals surface area contributed by atoms with Crippen LogP contribution in [0.3, 0.4) is 0 Å². The fourth-order valence-electron chi connectivity index (χ4n) is 6.77. The molecule has 4 aliphatic rings. The first-order chi connectivity index (χ1) is 15.5. The Bertz CT molecular complexity index is 1190. The van der Waals surface area contributed by atoms with E-state index in [1.807, 2.05) is 4.90 Å². The van der Waals surface area contributed by atoms with Crippen LogP contribution in [0.5, 0.6) is 0 Å². The summed E-state index contributed by atoms with van der Waals surface area (Å²) >= 11 is 0. The number of carbonyl (C=O) groups is 1. The number of carbonyl (C=O) groups excluding carboxylic acids is 1. The molecule has 0 radical (unpaired) electrons. The number of H-pyrrole nitrogens is 1. The molecule has 0 unspecified atom stereocenters. The number of nitrogens with zero attached hydrogens (tertiary/aromatic N) is 2. The van der Waals surface area contributed by atoms with Crippen molar-refractivity contribution in [1.29, 1.82) is 0 Å². The predicted molar refractivity (Wildman–Crippen MR) is 117 cm³/mol. The molecule has 4 heterocycles. The van der Waals surface area contributed by atoms with Crippen molar-refractivity contribution in [3.8, 4) is 0 Å². The van der Waals surface area contributed by atoms with E-state index in [-0.39, 0.29) is 28.4 Å². The molecule has 3 saturated heterocycles. The maximum Gasteiger partial charge on any atom is 0.259 e. The molecule has 1 aliphatic carbocycles. The van der Waals surface area contributed by atoms with Gasteiger partial charge < -0.3 is 9.88 Å². The number of piperidine rings is 3. The zero-order chi connectivity index (χ0) is 22.0. The average molecular weight is 440 g/mol. The summed E-state index contributed by atoms with van der Waals surface area (Å²) in [7, 11) is 0. The molecule has 2 bridgehead atoms. The SMILES string of the molecule is O=C(c1c[nH]c2c(F)cc(F)cc2c1=O)N1CCCC2=C[C@H]3C[C@@H](CN4CCCC[C@@H]34)[C@H]21. The number of hydrogen-bond acceptors (Lipinski definition) is 3. The summed E-state index contributed by atoms with van der Waals surface area (Å²) in [4.78, 5) is 33.8. The standard InChI is InChI=1S/C25H27F2N3O2/c26-17-10-18-22(20(27)11-17)28-12-19(24(18)31)25(32)30-7-3-4-14-8-15-9-16(23(14)30)13-29-6-2-1-5-21(15)29/h8,10-12,15-16,21,23H,1-7,9,13H2,(H,28,31)/t15-,16-,21-,23-/m0/s1. The van der Waals surface area contributed by atoms with E-state index in [9.17, 15) is 18.4 Å². The molecule has 4 atom stereocenters. The molecule has 32 heavy (non-hydrogen) atoms. The van der Waals surface area contributed by atoms with Crippen molar-refractivity contribution in [3.05, 3.63) is 57.4 Å². The normalized spacial score (nSPS) is 29.9. The summed E-state index contributed by atoms with van der Waals surface area (Å²) < 4.78 is 27.9. The lowest BCUT2D eigenvalue weighted by molar-refractivity contribution is 0.00143. The van der Waals surface area contributed by atoms with Crippen LogP contribution >= 0.6 is 0 Å². The van der Waals surface area contributed by atoms with Crippen LogP contribution < -0.4 is 5.43 Å². The van der Waals surface area contributed by atoms with E-state index < -0.39 is 17.1 Å². The molecule has 1 aromatic carbocycles. The topological polar surface area (TPSA) is 56.4 Å². The second-order valence-electron chi connectivity index (χ2n) is 9.85. The fourth-order valence-corrected chi connectivity index (χ4v) is 6.77. The number of rotatable bonds is 1.